The van der Waals surface area contributed by atoms with Gasteiger partial charge in [-0.15, -0.1) is 0 Å². The predicted molar refractivity (Wildman–Crippen MR) is 142 cm³/mol. The fraction of sp³-hybridized carbons (Fsp3) is 0.0690. The third-order valence-corrected chi connectivity index (χ3v) is 6.37. The average Bonchev–Trinajstić information content (AvgIpc) is 3.23. The second-order valence-electron chi connectivity index (χ2n) is 8.28. The Morgan fingerprint density at radius 2 is 1.41 bits per heavy atom. The Bertz CT molecular complexity index is 1410. The maximum atomic E-state index is 6.49. The van der Waals surface area contributed by atoms with Crippen LogP contribution in [0.1, 0.15) is 17.0 Å². The molecule has 3 nitrogen and oxygen atoms in total. The van der Waals surface area contributed by atoms with Crippen LogP contribution >= 0.6 is 23.2 Å². The first kappa shape index (κ1) is 22.3. The number of nitrogens with two attached hydrogens (primary N) is 1. The number of rotatable bonds is 6. The van der Waals surface area contributed by atoms with E-state index in [1.807, 2.05) is 42.5 Å². The molecule has 0 bridgehead atoms. The lowest BCUT2D eigenvalue weighted by Crippen LogP contribution is -2.05. The van der Waals surface area contributed by atoms with E-state index in [1.165, 1.54) is 16.7 Å². The summed E-state index contributed by atoms with van der Waals surface area (Å²) >= 11 is 12.6. The molecule has 0 saturated heterocycles. The van der Waals surface area contributed by atoms with Crippen LogP contribution in [0.4, 0.5) is 5.69 Å². The Morgan fingerprint density at radius 1 is 0.735 bits per heavy atom. The van der Waals surface area contributed by atoms with Crippen molar-refractivity contribution in [3.05, 3.63) is 130 Å². The quantitative estimate of drug-likeness (QED) is 0.251. The molecule has 168 valence electrons. The third-order valence-electron chi connectivity index (χ3n) is 5.82. The van der Waals surface area contributed by atoms with Gasteiger partial charge in [-0.1, -0.05) is 89.9 Å². The van der Waals surface area contributed by atoms with Crippen LogP contribution in [0, 0.1) is 0 Å². The molecular formula is C29H23Cl2N3. The van der Waals surface area contributed by atoms with Gasteiger partial charge < -0.3 is 10.3 Å². The molecule has 5 heteroatoms. The van der Waals surface area contributed by atoms with Crippen molar-refractivity contribution in [1.82, 2.24) is 9.55 Å². The first-order chi connectivity index (χ1) is 16.5. The van der Waals surface area contributed by atoms with E-state index in [0.29, 0.717) is 23.0 Å². The van der Waals surface area contributed by atoms with Crippen molar-refractivity contribution in [2.45, 2.75) is 13.0 Å². The lowest BCUT2D eigenvalue weighted by molar-refractivity contribution is 0.740. The molecule has 0 fully saturated rings. The van der Waals surface area contributed by atoms with E-state index < -0.39 is 0 Å². The molecule has 0 amide bonds. The molecule has 1 heterocycles. The van der Waals surface area contributed by atoms with Crippen molar-refractivity contribution < 1.29 is 0 Å². The summed E-state index contributed by atoms with van der Waals surface area (Å²) in [6.07, 6.45) is 2.76. The Kier molecular flexibility index (Phi) is 6.39. The smallest absolute Gasteiger partial charge is 0.114 e. The van der Waals surface area contributed by atoms with E-state index in [-0.39, 0.29) is 0 Å². The summed E-state index contributed by atoms with van der Waals surface area (Å²) in [6.45, 7) is 0.690. The number of halogens is 2. The molecule has 0 atom stereocenters. The molecule has 0 radical (unpaired) electrons. The molecule has 0 aliphatic heterocycles. The van der Waals surface area contributed by atoms with E-state index >= 15 is 0 Å². The predicted octanol–water partition coefficient (Wildman–Crippen LogP) is 7.75. The van der Waals surface area contributed by atoms with Crippen LogP contribution in [-0.2, 0) is 13.0 Å². The van der Waals surface area contributed by atoms with Gasteiger partial charge in [-0.05, 0) is 52.6 Å². The number of nitrogen functional groups attached to an aromatic ring is 1. The summed E-state index contributed by atoms with van der Waals surface area (Å²) in [6, 6.07) is 32.5. The molecule has 0 unspecified atom stereocenters. The average molecular weight is 484 g/mol. The molecule has 1 aromatic heterocycles. The van der Waals surface area contributed by atoms with E-state index in [2.05, 4.69) is 59.3 Å². The summed E-state index contributed by atoms with van der Waals surface area (Å²) in [4.78, 5) is 4.97. The van der Waals surface area contributed by atoms with E-state index in [0.717, 1.165) is 28.3 Å². The topological polar surface area (TPSA) is 43.8 Å². The Hall–Kier alpha value is -3.53. The van der Waals surface area contributed by atoms with Crippen LogP contribution in [0.15, 0.2) is 103 Å². The summed E-state index contributed by atoms with van der Waals surface area (Å²) in [5.41, 5.74) is 13.1. The molecule has 5 rings (SSSR count). The van der Waals surface area contributed by atoms with Crippen LogP contribution in [0.5, 0.6) is 0 Å². The minimum atomic E-state index is 0.586. The zero-order valence-electron chi connectivity index (χ0n) is 18.5. The lowest BCUT2D eigenvalue weighted by Gasteiger charge is -2.09. The van der Waals surface area contributed by atoms with Gasteiger partial charge >= 0.3 is 0 Å². The summed E-state index contributed by atoms with van der Waals surface area (Å²) in [7, 11) is 0. The van der Waals surface area contributed by atoms with Crippen LogP contribution < -0.4 is 5.73 Å². The first-order valence-corrected chi connectivity index (χ1v) is 11.8. The number of imidazole rings is 1. The van der Waals surface area contributed by atoms with Gasteiger partial charge in [-0.25, -0.2) is 4.98 Å². The fourth-order valence-corrected chi connectivity index (χ4v) is 4.51. The van der Waals surface area contributed by atoms with Gasteiger partial charge in [0.05, 0.1) is 10.7 Å². The van der Waals surface area contributed by atoms with Crippen LogP contribution in [0.2, 0.25) is 10.0 Å². The SMILES string of the molecule is Nc1ccc(Cn2cc(-c3ccc(Cl)cc3Cl)nc2Cc2ccc(-c3ccccc3)cc2)cc1. The second-order valence-corrected chi connectivity index (χ2v) is 9.12. The summed E-state index contributed by atoms with van der Waals surface area (Å²) in [5.74, 6) is 0.963. The normalized spacial score (nSPS) is 11.0. The van der Waals surface area contributed by atoms with Crippen molar-refractivity contribution in [3.8, 4) is 22.4 Å². The minimum Gasteiger partial charge on any atom is -0.399 e. The molecule has 0 aliphatic carbocycles. The van der Waals surface area contributed by atoms with Gasteiger partial charge in [0.1, 0.15) is 5.82 Å². The lowest BCUT2D eigenvalue weighted by atomic mass is 10.0. The highest BCUT2D eigenvalue weighted by atomic mass is 35.5. The van der Waals surface area contributed by atoms with Crippen molar-refractivity contribution >= 4 is 28.9 Å². The molecule has 2 N–H and O–H groups in total. The molecule has 5 aromatic rings. The minimum absolute atomic E-state index is 0.586. The zero-order valence-corrected chi connectivity index (χ0v) is 20.0. The Balaban J connectivity index is 1.48. The van der Waals surface area contributed by atoms with E-state index in [1.54, 1.807) is 6.07 Å². The molecule has 4 aromatic carbocycles. The van der Waals surface area contributed by atoms with Crippen molar-refractivity contribution in [1.29, 1.82) is 0 Å². The van der Waals surface area contributed by atoms with Crippen LogP contribution in [0.25, 0.3) is 22.4 Å². The Morgan fingerprint density at radius 3 is 2.12 bits per heavy atom. The number of anilines is 1. The first-order valence-electron chi connectivity index (χ1n) is 11.1. The van der Waals surface area contributed by atoms with Gasteiger partial charge in [0.15, 0.2) is 0 Å². The monoisotopic (exact) mass is 483 g/mol. The number of benzene rings is 4. The summed E-state index contributed by atoms with van der Waals surface area (Å²) < 4.78 is 2.18. The van der Waals surface area contributed by atoms with Gasteiger partial charge in [0, 0.05) is 35.4 Å². The van der Waals surface area contributed by atoms with E-state index in [4.69, 9.17) is 33.9 Å². The molecular weight excluding hydrogens is 461 g/mol. The zero-order chi connectivity index (χ0) is 23.5. The highest BCUT2D eigenvalue weighted by molar-refractivity contribution is 6.36. The van der Waals surface area contributed by atoms with Crippen molar-refractivity contribution in [2.75, 3.05) is 5.73 Å². The van der Waals surface area contributed by atoms with Gasteiger partial charge in [-0.2, -0.15) is 0 Å². The highest BCUT2D eigenvalue weighted by Gasteiger charge is 2.14. The fourth-order valence-electron chi connectivity index (χ4n) is 4.01. The highest BCUT2D eigenvalue weighted by Crippen LogP contribution is 2.31. The van der Waals surface area contributed by atoms with Gasteiger partial charge in [0.2, 0.25) is 0 Å². The van der Waals surface area contributed by atoms with Crippen molar-refractivity contribution in [2.24, 2.45) is 0 Å². The van der Waals surface area contributed by atoms with Crippen LogP contribution in [-0.4, -0.2) is 9.55 Å². The molecule has 34 heavy (non-hydrogen) atoms. The number of aromatic nitrogens is 2. The molecule has 0 aliphatic rings. The standard InChI is InChI=1S/C29H23Cl2N3/c30-24-12-15-26(27(31)17-24)28-19-34(18-21-8-13-25(32)14-9-21)29(33-28)16-20-6-10-23(11-7-20)22-4-2-1-3-5-22/h1-15,17,19H,16,18,32H2. The second kappa shape index (κ2) is 9.76. The molecule has 0 saturated carbocycles. The number of hydrogen-bond donors (Lipinski definition) is 1. The number of hydrogen-bond acceptors (Lipinski definition) is 2. The molecule has 0 spiro atoms. The van der Waals surface area contributed by atoms with Crippen LogP contribution in [0.3, 0.4) is 0 Å². The van der Waals surface area contributed by atoms with Gasteiger partial charge in [-0.3, -0.25) is 0 Å². The van der Waals surface area contributed by atoms with Gasteiger partial charge in [0.25, 0.3) is 0 Å². The largest absolute Gasteiger partial charge is 0.399 e. The Labute approximate surface area is 209 Å². The number of nitrogens with zero attached hydrogens (tertiary/aromatic N) is 2. The maximum absolute atomic E-state index is 6.49. The van der Waals surface area contributed by atoms with Crippen molar-refractivity contribution in [3.63, 3.8) is 0 Å². The third kappa shape index (κ3) is 5.01. The summed E-state index contributed by atoms with van der Waals surface area (Å²) in [5, 5.41) is 1.19. The van der Waals surface area contributed by atoms with E-state index in [9.17, 15) is 0 Å². The maximum Gasteiger partial charge on any atom is 0.114 e.